The lowest BCUT2D eigenvalue weighted by atomic mass is 9.89. The first-order valence-corrected chi connectivity index (χ1v) is 7.17. The van der Waals surface area contributed by atoms with Crippen LogP contribution in [0.1, 0.15) is 59.3 Å². The van der Waals surface area contributed by atoms with E-state index in [2.05, 4.69) is 25.7 Å². The first-order chi connectivity index (χ1) is 7.72. The van der Waals surface area contributed by atoms with E-state index in [1.807, 2.05) is 0 Å². The third-order valence-corrected chi connectivity index (χ3v) is 4.70. The molecule has 0 aromatic rings. The predicted octanol–water partition coefficient (Wildman–Crippen LogP) is 3.02. The van der Waals surface area contributed by atoms with Crippen LogP contribution in [0.4, 0.5) is 0 Å². The lowest BCUT2D eigenvalue weighted by Gasteiger charge is -2.43. The Hall–Kier alpha value is -0.0800. The van der Waals surface area contributed by atoms with Crippen LogP contribution in [0.2, 0.25) is 0 Å². The van der Waals surface area contributed by atoms with Crippen molar-refractivity contribution in [2.75, 3.05) is 19.6 Å². The average molecular weight is 226 g/mol. The van der Waals surface area contributed by atoms with Crippen LogP contribution < -0.4 is 5.73 Å². The number of likely N-dealkylation sites (N-methyl/N-ethyl adjacent to an activating group) is 1. The minimum Gasteiger partial charge on any atom is -0.329 e. The average Bonchev–Trinajstić information content (AvgIpc) is 2.83. The zero-order valence-electron chi connectivity index (χ0n) is 11.5. The van der Waals surface area contributed by atoms with Crippen molar-refractivity contribution < 1.29 is 0 Å². The summed E-state index contributed by atoms with van der Waals surface area (Å²) in [6.07, 6.45) is 8.11. The third-order valence-electron chi connectivity index (χ3n) is 4.70. The van der Waals surface area contributed by atoms with Crippen molar-refractivity contribution in [3.63, 3.8) is 0 Å². The van der Waals surface area contributed by atoms with E-state index in [9.17, 15) is 0 Å². The summed E-state index contributed by atoms with van der Waals surface area (Å²) in [6.45, 7) is 10.1. The molecule has 96 valence electrons. The minimum absolute atomic E-state index is 0.261. The highest BCUT2D eigenvalue weighted by Crippen LogP contribution is 2.30. The predicted molar refractivity (Wildman–Crippen MR) is 71.6 cm³/mol. The summed E-state index contributed by atoms with van der Waals surface area (Å²) in [5.74, 6) is 0.934. The number of nitrogens with two attached hydrogens (primary N) is 1. The summed E-state index contributed by atoms with van der Waals surface area (Å²) in [5, 5.41) is 0. The highest BCUT2D eigenvalue weighted by atomic mass is 15.2. The van der Waals surface area contributed by atoms with Crippen LogP contribution in [0.5, 0.6) is 0 Å². The summed E-state index contributed by atoms with van der Waals surface area (Å²) in [6, 6.07) is 0. The molecule has 1 aliphatic rings. The van der Waals surface area contributed by atoms with Gasteiger partial charge in [0, 0.05) is 18.6 Å². The molecule has 2 N–H and O–H groups in total. The van der Waals surface area contributed by atoms with E-state index in [4.69, 9.17) is 5.73 Å². The Labute approximate surface area is 102 Å². The molecule has 0 saturated heterocycles. The molecule has 0 unspecified atom stereocenters. The molecule has 1 saturated carbocycles. The van der Waals surface area contributed by atoms with E-state index in [1.165, 1.54) is 45.1 Å². The minimum atomic E-state index is 0.261. The van der Waals surface area contributed by atoms with Gasteiger partial charge >= 0.3 is 0 Å². The molecular weight excluding hydrogens is 196 g/mol. The van der Waals surface area contributed by atoms with Gasteiger partial charge < -0.3 is 5.73 Å². The molecule has 0 heterocycles. The molecule has 1 aliphatic carbocycles. The first-order valence-electron chi connectivity index (χ1n) is 7.17. The van der Waals surface area contributed by atoms with E-state index in [0.29, 0.717) is 0 Å². The Kier molecular flexibility index (Phi) is 5.77. The Morgan fingerprint density at radius 2 is 1.69 bits per heavy atom. The molecule has 0 atom stereocenters. The maximum absolute atomic E-state index is 6.04. The van der Waals surface area contributed by atoms with Crippen LogP contribution in [0, 0.1) is 5.92 Å². The quantitative estimate of drug-likeness (QED) is 0.723. The molecule has 1 fully saturated rings. The first kappa shape index (κ1) is 14.0. The molecule has 2 nitrogen and oxygen atoms in total. The van der Waals surface area contributed by atoms with Gasteiger partial charge in [-0.1, -0.05) is 33.6 Å². The second kappa shape index (κ2) is 6.61. The van der Waals surface area contributed by atoms with Gasteiger partial charge in [-0.3, -0.25) is 4.90 Å². The van der Waals surface area contributed by atoms with Gasteiger partial charge in [0.05, 0.1) is 0 Å². The summed E-state index contributed by atoms with van der Waals surface area (Å²) in [5.41, 5.74) is 6.30. The van der Waals surface area contributed by atoms with Crippen LogP contribution in [0.25, 0.3) is 0 Å². The van der Waals surface area contributed by atoms with Gasteiger partial charge in [0.15, 0.2) is 0 Å². The van der Waals surface area contributed by atoms with Gasteiger partial charge in [0.2, 0.25) is 0 Å². The SMILES string of the molecule is CCN(CC1CCCC1)C(CC)(CC)CN. The lowest BCUT2D eigenvalue weighted by molar-refractivity contribution is 0.0737. The van der Waals surface area contributed by atoms with Gasteiger partial charge in [-0.15, -0.1) is 0 Å². The Morgan fingerprint density at radius 3 is 2.06 bits per heavy atom. The van der Waals surface area contributed by atoms with Crippen LogP contribution in [0.15, 0.2) is 0 Å². The smallest absolute Gasteiger partial charge is 0.0326 e. The van der Waals surface area contributed by atoms with Crippen molar-refractivity contribution in [2.45, 2.75) is 64.8 Å². The van der Waals surface area contributed by atoms with Crippen LogP contribution in [-0.2, 0) is 0 Å². The molecule has 0 aliphatic heterocycles. The fraction of sp³-hybridized carbons (Fsp3) is 1.00. The summed E-state index contributed by atoms with van der Waals surface area (Å²) >= 11 is 0. The Bertz CT molecular complexity index is 173. The molecule has 0 aromatic carbocycles. The van der Waals surface area contributed by atoms with E-state index >= 15 is 0 Å². The maximum atomic E-state index is 6.04. The monoisotopic (exact) mass is 226 g/mol. The van der Waals surface area contributed by atoms with Crippen LogP contribution in [-0.4, -0.2) is 30.1 Å². The van der Waals surface area contributed by atoms with Crippen molar-refractivity contribution in [3.8, 4) is 0 Å². The zero-order chi connectivity index (χ0) is 12.0. The largest absolute Gasteiger partial charge is 0.329 e. The third kappa shape index (κ3) is 2.98. The van der Waals surface area contributed by atoms with Gasteiger partial charge in [0.25, 0.3) is 0 Å². The van der Waals surface area contributed by atoms with Crippen molar-refractivity contribution in [1.82, 2.24) is 4.90 Å². The molecule has 0 spiro atoms. The van der Waals surface area contributed by atoms with E-state index in [1.54, 1.807) is 0 Å². The van der Waals surface area contributed by atoms with Crippen molar-refractivity contribution >= 4 is 0 Å². The van der Waals surface area contributed by atoms with E-state index < -0.39 is 0 Å². The fourth-order valence-electron chi connectivity index (χ4n) is 3.28. The molecular formula is C14H30N2. The zero-order valence-corrected chi connectivity index (χ0v) is 11.5. The van der Waals surface area contributed by atoms with E-state index in [-0.39, 0.29) is 5.54 Å². The van der Waals surface area contributed by atoms with Crippen molar-refractivity contribution in [2.24, 2.45) is 11.7 Å². The van der Waals surface area contributed by atoms with Crippen molar-refractivity contribution in [3.05, 3.63) is 0 Å². The highest BCUT2D eigenvalue weighted by Gasteiger charge is 2.32. The molecule has 2 heteroatoms. The molecule has 0 radical (unpaired) electrons. The second-order valence-corrected chi connectivity index (χ2v) is 5.32. The maximum Gasteiger partial charge on any atom is 0.0326 e. The molecule has 16 heavy (non-hydrogen) atoms. The van der Waals surface area contributed by atoms with Crippen LogP contribution >= 0.6 is 0 Å². The normalized spacial score (nSPS) is 18.6. The van der Waals surface area contributed by atoms with Crippen molar-refractivity contribution in [1.29, 1.82) is 0 Å². The molecule has 0 amide bonds. The second-order valence-electron chi connectivity index (χ2n) is 5.32. The Balaban J connectivity index is 2.61. The Morgan fingerprint density at radius 1 is 1.12 bits per heavy atom. The number of hydrogen-bond donors (Lipinski definition) is 1. The number of rotatable bonds is 7. The highest BCUT2D eigenvalue weighted by molar-refractivity contribution is 4.90. The summed E-state index contributed by atoms with van der Waals surface area (Å²) in [4.78, 5) is 2.66. The fourth-order valence-corrected chi connectivity index (χ4v) is 3.28. The number of nitrogens with zero attached hydrogens (tertiary/aromatic N) is 1. The standard InChI is InChI=1S/C14H30N2/c1-4-14(5-2,12-15)16(6-3)11-13-9-7-8-10-13/h13H,4-12,15H2,1-3H3. The summed E-state index contributed by atoms with van der Waals surface area (Å²) < 4.78 is 0. The van der Waals surface area contributed by atoms with Gasteiger partial charge in [0.1, 0.15) is 0 Å². The van der Waals surface area contributed by atoms with E-state index in [0.717, 1.165) is 19.0 Å². The molecule has 0 bridgehead atoms. The van der Waals surface area contributed by atoms with Gasteiger partial charge in [-0.25, -0.2) is 0 Å². The van der Waals surface area contributed by atoms with Crippen LogP contribution in [0.3, 0.4) is 0 Å². The topological polar surface area (TPSA) is 29.3 Å². The number of hydrogen-bond acceptors (Lipinski definition) is 2. The molecule has 1 rings (SSSR count). The lowest BCUT2D eigenvalue weighted by Crippen LogP contribution is -2.54. The van der Waals surface area contributed by atoms with Gasteiger partial charge in [-0.2, -0.15) is 0 Å². The van der Waals surface area contributed by atoms with Gasteiger partial charge in [-0.05, 0) is 38.1 Å². The molecule has 0 aromatic heterocycles. The summed E-state index contributed by atoms with van der Waals surface area (Å²) in [7, 11) is 0.